The Balaban J connectivity index is 1.62. The van der Waals surface area contributed by atoms with Gasteiger partial charge in [0.2, 0.25) is 0 Å². The molecular formula is C26H21BrFN3O4. The van der Waals surface area contributed by atoms with E-state index >= 15 is 0 Å². The van der Waals surface area contributed by atoms with Crippen molar-refractivity contribution >= 4 is 45.2 Å². The van der Waals surface area contributed by atoms with Crippen molar-refractivity contribution in [3.05, 3.63) is 88.2 Å². The number of nitrogens with zero attached hydrogens (tertiary/aromatic N) is 1. The maximum atomic E-state index is 13.7. The van der Waals surface area contributed by atoms with Crippen LogP contribution in [-0.4, -0.2) is 25.0 Å². The topological polar surface area (TPSA) is 100 Å². The molecule has 0 fully saturated rings. The molecule has 0 spiro atoms. The average Bonchev–Trinajstić information content (AvgIpc) is 2.84. The number of para-hydroxylation sites is 1. The molecule has 3 aromatic carbocycles. The molecule has 0 radical (unpaired) electrons. The van der Waals surface area contributed by atoms with Crippen LogP contribution in [0, 0.1) is 17.1 Å². The van der Waals surface area contributed by atoms with E-state index in [1.807, 2.05) is 13.0 Å². The Bertz CT molecular complexity index is 1290. The number of halogens is 2. The Morgan fingerprint density at radius 1 is 1.06 bits per heavy atom. The molecule has 2 N–H and O–H groups in total. The summed E-state index contributed by atoms with van der Waals surface area (Å²) in [5.41, 5.74) is 1.06. The van der Waals surface area contributed by atoms with Gasteiger partial charge in [-0.3, -0.25) is 9.59 Å². The number of nitriles is 1. The van der Waals surface area contributed by atoms with E-state index in [0.717, 1.165) is 0 Å². The molecule has 178 valence electrons. The normalized spacial score (nSPS) is 10.7. The first-order valence-electron chi connectivity index (χ1n) is 10.5. The summed E-state index contributed by atoms with van der Waals surface area (Å²) < 4.78 is 25.0. The van der Waals surface area contributed by atoms with Gasteiger partial charge in [-0.15, -0.1) is 0 Å². The van der Waals surface area contributed by atoms with Crippen LogP contribution in [0.2, 0.25) is 0 Å². The zero-order valence-corrected chi connectivity index (χ0v) is 20.3. The fourth-order valence-electron chi connectivity index (χ4n) is 2.93. The summed E-state index contributed by atoms with van der Waals surface area (Å²) in [6, 6.07) is 19.4. The molecule has 3 aromatic rings. The predicted molar refractivity (Wildman–Crippen MR) is 134 cm³/mol. The third kappa shape index (κ3) is 7.42. The van der Waals surface area contributed by atoms with Crippen LogP contribution < -0.4 is 20.1 Å². The third-order valence-corrected chi connectivity index (χ3v) is 5.18. The molecule has 0 atom stereocenters. The molecule has 9 heteroatoms. The number of carbonyl (C=O) groups is 2. The van der Waals surface area contributed by atoms with Crippen LogP contribution in [0.4, 0.5) is 15.8 Å². The highest BCUT2D eigenvalue weighted by atomic mass is 79.9. The lowest BCUT2D eigenvalue weighted by molar-refractivity contribution is -0.118. The smallest absolute Gasteiger partial charge is 0.266 e. The van der Waals surface area contributed by atoms with E-state index < -0.39 is 17.6 Å². The molecular weight excluding hydrogens is 517 g/mol. The number of anilines is 2. The van der Waals surface area contributed by atoms with Crippen LogP contribution in [0.15, 0.2) is 76.8 Å². The van der Waals surface area contributed by atoms with Crippen molar-refractivity contribution in [2.75, 3.05) is 23.8 Å². The maximum Gasteiger partial charge on any atom is 0.266 e. The quantitative estimate of drug-likeness (QED) is 0.275. The van der Waals surface area contributed by atoms with Crippen LogP contribution in [-0.2, 0) is 9.59 Å². The van der Waals surface area contributed by atoms with Crippen LogP contribution in [0.25, 0.3) is 6.08 Å². The SMILES string of the molecule is CCOc1ccc(NC(=O)/C(C#N)=C/c2ccc(OCC(=O)Nc3ccccc3F)c(Br)c2)cc1. The second-order valence-electron chi connectivity index (χ2n) is 7.09. The number of benzene rings is 3. The number of ether oxygens (including phenoxy) is 2. The van der Waals surface area contributed by atoms with E-state index in [1.165, 1.54) is 24.3 Å². The Kier molecular flexibility index (Phi) is 8.98. The standard InChI is InChI=1S/C26H21BrFN3O4/c1-2-34-20-10-8-19(9-11-20)30-26(33)18(15-29)13-17-7-12-24(21(27)14-17)35-16-25(32)31-23-6-4-3-5-22(23)28/h3-14H,2,16H2,1H3,(H,30,33)(H,31,32)/b18-13+. The fraction of sp³-hybridized carbons (Fsp3) is 0.115. The van der Waals surface area contributed by atoms with Gasteiger partial charge in [-0.05, 0) is 83.0 Å². The molecule has 0 heterocycles. The van der Waals surface area contributed by atoms with E-state index in [4.69, 9.17) is 9.47 Å². The van der Waals surface area contributed by atoms with Gasteiger partial charge in [0.05, 0.1) is 16.8 Å². The molecule has 0 saturated heterocycles. The summed E-state index contributed by atoms with van der Waals surface area (Å²) in [5.74, 6) is -0.582. The number of rotatable bonds is 9. The average molecular weight is 538 g/mol. The van der Waals surface area contributed by atoms with Crippen molar-refractivity contribution in [1.82, 2.24) is 0 Å². The van der Waals surface area contributed by atoms with Gasteiger partial charge in [-0.2, -0.15) is 5.26 Å². The van der Waals surface area contributed by atoms with Gasteiger partial charge >= 0.3 is 0 Å². The van der Waals surface area contributed by atoms with E-state index in [-0.39, 0.29) is 17.9 Å². The number of hydrogen-bond acceptors (Lipinski definition) is 5. The Labute approximate surface area is 210 Å². The summed E-state index contributed by atoms with van der Waals surface area (Å²) in [5, 5.41) is 14.6. The molecule has 2 amide bonds. The van der Waals surface area contributed by atoms with E-state index in [2.05, 4.69) is 26.6 Å². The molecule has 0 bridgehead atoms. The van der Waals surface area contributed by atoms with Crippen LogP contribution in [0.5, 0.6) is 11.5 Å². The number of carbonyl (C=O) groups excluding carboxylic acids is 2. The minimum atomic E-state index is -0.557. The van der Waals surface area contributed by atoms with Gasteiger partial charge in [0, 0.05) is 5.69 Å². The highest BCUT2D eigenvalue weighted by molar-refractivity contribution is 9.10. The van der Waals surface area contributed by atoms with Crippen molar-refractivity contribution in [1.29, 1.82) is 5.26 Å². The summed E-state index contributed by atoms with van der Waals surface area (Å²) in [7, 11) is 0. The first-order valence-corrected chi connectivity index (χ1v) is 11.3. The second-order valence-corrected chi connectivity index (χ2v) is 7.94. The minimum absolute atomic E-state index is 0.0631. The predicted octanol–water partition coefficient (Wildman–Crippen LogP) is 5.55. The molecule has 0 aromatic heterocycles. The van der Waals surface area contributed by atoms with Crippen LogP contribution >= 0.6 is 15.9 Å². The molecule has 0 aliphatic heterocycles. The minimum Gasteiger partial charge on any atom is -0.494 e. The summed E-state index contributed by atoms with van der Waals surface area (Å²) >= 11 is 3.36. The lowest BCUT2D eigenvalue weighted by atomic mass is 10.1. The Morgan fingerprint density at radius 2 is 1.80 bits per heavy atom. The summed E-state index contributed by atoms with van der Waals surface area (Å²) in [6.07, 6.45) is 1.43. The molecule has 0 unspecified atom stereocenters. The van der Waals surface area contributed by atoms with Gasteiger partial charge in [0.1, 0.15) is 29.0 Å². The highest BCUT2D eigenvalue weighted by Gasteiger charge is 2.12. The molecule has 3 rings (SSSR count). The van der Waals surface area contributed by atoms with Crippen molar-refractivity contribution < 1.29 is 23.5 Å². The lowest BCUT2D eigenvalue weighted by Gasteiger charge is -2.10. The highest BCUT2D eigenvalue weighted by Crippen LogP contribution is 2.27. The van der Waals surface area contributed by atoms with E-state index in [1.54, 1.807) is 48.5 Å². The summed E-state index contributed by atoms with van der Waals surface area (Å²) in [6.45, 7) is 2.07. The van der Waals surface area contributed by atoms with Crippen LogP contribution in [0.1, 0.15) is 12.5 Å². The molecule has 0 aliphatic carbocycles. The second kappa shape index (κ2) is 12.3. The van der Waals surface area contributed by atoms with E-state index in [0.29, 0.717) is 33.8 Å². The number of amides is 2. The Hall–Kier alpha value is -4.16. The van der Waals surface area contributed by atoms with Gasteiger partial charge in [0.15, 0.2) is 6.61 Å². The lowest BCUT2D eigenvalue weighted by Crippen LogP contribution is -2.20. The van der Waals surface area contributed by atoms with Crippen molar-refractivity contribution in [3.8, 4) is 17.6 Å². The first kappa shape index (κ1) is 25.5. The maximum absolute atomic E-state index is 13.7. The Morgan fingerprint density at radius 3 is 2.46 bits per heavy atom. The molecule has 0 saturated carbocycles. The molecule has 7 nitrogen and oxygen atoms in total. The first-order chi connectivity index (χ1) is 16.9. The zero-order chi connectivity index (χ0) is 25.2. The van der Waals surface area contributed by atoms with Gasteiger partial charge in [0.25, 0.3) is 11.8 Å². The molecule has 0 aliphatic rings. The van der Waals surface area contributed by atoms with E-state index in [9.17, 15) is 19.2 Å². The monoisotopic (exact) mass is 537 g/mol. The largest absolute Gasteiger partial charge is 0.494 e. The van der Waals surface area contributed by atoms with Gasteiger partial charge in [-0.1, -0.05) is 18.2 Å². The summed E-state index contributed by atoms with van der Waals surface area (Å²) in [4.78, 5) is 24.6. The van der Waals surface area contributed by atoms with Crippen LogP contribution in [0.3, 0.4) is 0 Å². The zero-order valence-electron chi connectivity index (χ0n) is 18.7. The van der Waals surface area contributed by atoms with Crippen molar-refractivity contribution in [2.45, 2.75) is 6.92 Å². The fourth-order valence-corrected chi connectivity index (χ4v) is 3.44. The number of nitrogens with one attached hydrogen (secondary N) is 2. The van der Waals surface area contributed by atoms with Crippen molar-refractivity contribution in [2.24, 2.45) is 0 Å². The van der Waals surface area contributed by atoms with Gasteiger partial charge < -0.3 is 20.1 Å². The third-order valence-electron chi connectivity index (χ3n) is 4.56. The van der Waals surface area contributed by atoms with Crippen molar-refractivity contribution in [3.63, 3.8) is 0 Å². The molecule has 35 heavy (non-hydrogen) atoms. The van der Waals surface area contributed by atoms with Gasteiger partial charge in [-0.25, -0.2) is 4.39 Å². The number of hydrogen-bond donors (Lipinski definition) is 2.